The lowest BCUT2D eigenvalue weighted by Gasteiger charge is -2.13. The Morgan fingerprint density at radius 3 is 2.68 bits per heavy atom. The second-order valence-electron chi connectivity index (χ2n) is 6.31. The first kappa shape index (κ1) is 19.6. The quantitative estimate of drug-likeness (QED) is 0.491. The van der Waals surface area contributed by atoms with Gasteiger partial charge in [-0.25, -0.2) is 4.79 Å². The highest BCUT2D eigenvalue weighted by molar-refractivity contribution is 7.11. The minimum absolute atomic E-state index is 0.277. The van der Waals surface area contributed by atoms with Gasteiger partial charge in [0.15, 0.2) is 11.9 Å². The van der Waals surface area contributed by atoms with Gasteiger partial charge in [-0.3, -0.25) is 4.79 Å². The molecule has 1 amide bonds. The van der Waals surface area contributed by atoms with E-state index in [1.807, 2.05) is 48.7 Å². The fourth-order valence-corrected chi connectivity index (χ4v) is 3.25. The van der Waals surface area contributed by atoms with Gasteiger partial charge in [0.25, 0.3) is 5.91 Å². The minimum atomic E-state index is -0.995. The monoisotopic (exact) mass is 396 g/mol. The molecule has 0 unspecified atom stereocenters. The molecule has 0 saturated heterocycles. The number of carbonyl (C=O) groups excluding carboxylic acids is 2. The summed E-state index contributed by atoms with van der Waals surface area (Å²) in [5.74, 6) is -0.203. The predicted molar refractivity (Wildman–Crippen MR) is 109 cm³/mol. The van der Waals surface area contributed by atoms with E-state index in [0.29, 0.717) is 11.3 Å². The third kappa shape index (κ3) is 4.95. The molecule has 0 radical (unpaired) electrons. The number of amides is 1. The number of carbonyl (C=O) groups is 2. The molecule has 2 heterocycles. The number of aryl methyl sites for hydroxylation is 2. The summed E-state index contributed by atoms with van der Waals surface area (Å²) in [5, 5.41) is 8.15. The highest BCUT2D eigenvalue weighted by Gasteiger charge is 2.23. The maximum absolute atomic E-state index is 12.8. The van der Waals surface area contributed by atoms with Gasteiger partial charge in [-0.1, -0.05) is 41.1 Å². The van der Waals surface area contributed by atoms with Gasteiger partial charge in [0.2, 0.25) is 0 Å². The molecule has 0 bridgehead atoms. The van der Waals surface area contributed by atoms with Crippen LogP contribution in [0.1, 0.15) is 28.7 Å². The Labute approximate surface area is 166 Å². The molecule has 6 nitrogen and oxygen atoms in total. The molecule has 3 rings (SSSR count). The lowest BCUT2D eigenvalue weighted by molar-refractivity contribution is -0.147. The zero-order valence-electron chi connectivity index (χ0n) is 15.8. The van der Waals surface area contributed by atoms with Crippen LogP contribution in [-0.4, -0.2) is 23.1 Å². The fourth-order valence-electron chi connectivity index (χ4n) is 2.52. The summed E-state index contributed by atoms with van der Waals surface area (Å²) in [7, 11) is 0. The second-order valence-corrected chi connectivity index (χ2v) is 7.26. The van der Waals surface area contributed by atoms with Gasteiger partial charge in [0, 0.05) is 10.9 Å². The van der Waals surface area contributed by atoms with Crippen LogP contribution in [0.5, 0.6) is 0 Å². The van der Waals surface area contributed by atoms with E-state index in [1.54, 1.807) is 19.1 Å². The zero-order valence-corrected chi connectivity index (χ0v) is 16.6. The van der Waals surface area contributed by atoms with Gasteiger partial charge in [0.1, 0.15) is 5.76 Å². The molecule has 28 heavy (non-hydrogen) atoms. The van der Waals surface area contributed by atoms with E-state index in [4.69, 9.17) is 9.26 Å². The standard InChI is InChI=1S/C21H20N2O4S/c1-13-6-4-7-16(10-13)12-17(18-8-5-9-28-18)21(25)26-15(3)20(24)22-19-11-14(2)27-23-19/h4-12,15H,1-3H3,(H,22,23,24)/b17-12+/t15-/m1/s1. The van der Waals surface area contributed by atoms with Crippen molar-refractivity contribution in [3.8, 4) is 0 Å². The highest BCUT2D eigenvalue weighted by atomic mass is 32.1. The molecule has 1 atom stereocenters. The molecule has 1 aromatic carbocycles. The summed E-state index contributed by atoms with van der Waals surface area (Å²) < 4.78 is 10.3. The number of esters is 1. The van der Waals surface area contributed by atoms with Crippen molar-refractivity contribution >= 4 is 40.7 Å². The maximum Gasteiger partial charge on any atom is 0.340 e. The molecule has 2 aromatic heterocycles. The Hall–Kier alpha value is -3.19. The first-order chi connectivity index (χ1) is 13.4. The van der Waals surface area contributed by atoms with E-state index in [0.717, 1.165) is 16.0 Å². The number of rotatable bonds is 6. The Bertz CT molecular complexity index is 1010. The second kappa shape index (κ2) is 8.67. The van der Waals surface area contributed by atoms with Gasteiger partial charge in [0.05, 0.1) is 5.57 Å². The first-order valence-electron chi connectivity index (χ1n) is 8.70. The van der Waals surface area contributed by atoms with Crippen LogP contribution in [0, 0.1) is 13.8 Å². The molecule has 3 aromatic rings. The average Bonchev–Trinajstić information content (AvgIpc) is 3.31. The number of thiophene rings is 1. The number of hydrogen-bond acceptors (Lipinski definition) is 6. The van der Waals surface area contributed by atoms with Crippen molar-refractivity contribution in [2.75, 3.05) is 5.32 Å². The number of hydrogen-bond donors (Lipinski definition) is 1. The van der Waals surface area contributed by atoms with E-state index in [2.05, 4.69) is 10.5 Å². The number of benzene rings is 1. The fraction of sp³-hybridized carbons (Fsp3) is 0.190. The predicted octanol–water partition coefficient (Wildman–Crippen LogP) is 4.46. The summed E-state index contributed by atoms with van der Waals surface area (Å²) in [6.45, 7) is 5.22. The third-order valence-corrected chi connectivity index (χ3v) is 4.80. The van der Waals surface area contributed by atoms with Gasteiger partial charge in [-0.05, 0) is 43.9 Å². The molecule has 0 fully saturated rings. The average molecular weight is 396 g/mol. The van der Waals surface area contributed by atoms with Gasteiger partial charge in [-0.2, -0.15) is 0 Å². The molecule has 144 valence electrons. The van der Waals surface area contributed by atoms with Crippen LogP contribution in [0.4, 0.5) is 5.82 Å². The van der Waals surface area contributed by atoms with Crippen LogP contribution in [0.2, 0.25) is 0 Å². The Morgan fingerprint density at radius 2 is 2.04 bits per heavy atom. The summed E-state index contributed by atoms with van der Waals surface area (Å²) in [5.41, 5.74) is 2.37. The SMILES string of the molecule is Cc1cccc(/C=C(/C(=O)O[C@H](C)C(=O)Nc2cc(C)on2)c2cccs2)c1. The largest absolute Gasteiger partial charge is 0.449 e. The number of nitrogens with one attached hydrogen (secondary N) is 1. The highest BCUT2D eigenvalue weighted by Crippen LogP contribution is 2.25. The van der Waals surface area contributed by atoms with E-state index < -0.39 is 18.0 Å². The summed E-state index contributed by atoms with van der Waals surface area (Å²) in [6, 6.07) is 13.1. The van der Waals surface area contributed by atoms with Crippen LogP contribution in [0.15, 0.2) is 52.4 Å². The normalized spacial score (nSPS) is 12.5. The molecular weight excluding hydrogens is 376 g/mol. The topological polar surface area (TPSA) is 81.4 Å². The van der Waals surface area contributed by atoms with E-state index >= 15 is 0 Å². The maximum atomic E-state index is 12.8. The molecule has 7 heteroatoms. The zero-order chi connectivity index (χ0) is 20.1. The number of aromatic nitrogens is 1. The molecule has 1 N–H and O–H groups in total. The van der Waals surface area contributed by atoms with Gasteiger partial charge in [-0.15, -0.1) is 11.3 Å². The molecule has 0 spiro atoms. The number of anilines is 1. The summed E-state index contributed by atoms with van der Waals surface area (Å²) >= 11 is 1.43. The summed E-state index contributed by atoms with van der Waals surface area (Å²) in [6.07, 6.45) is 0.776. The molecule has 0 saturated carbocycles. The van der Waals surface area contributed by atoms with Crippen LogP contribution < -0.4 is 5.32 Å². The van der Waals surface area contributed by atoms with Crippen LogP contribution in [-0.2, 0) is 14.3 Å². The Balaban J connectivity index is 1.77. The number of nitrogens with zero attached hydrogens (tertiary/aromatic N) is 1. The smallest absolute Gasteiger partial charge is 0.340 e. The van der Waals surface area contributed by atoms with E-state index in [1.165, 1.54) is 18.3 Å². The third-order valence-electron chi connectivity index (χ3n) is 3.89. The lowest BCUT2D eigenvalue weighted by atomic mass is 10.1. The van der Waals surface area contributed by atoms with Gasteiger partial charge >= 0.3 is 5.97 Å². The molecule has 0 aliphatic rings. The van der Waals surface area contributed by atoms with Crippen molar-refractivity contribution < 1.29 is 18.8 Å². The first-order valence-corrected chi connectivity index (χ1v) is 9.58. The Morgan fingerprint density at radius 1 is 1.21 bits per heavy atom. The van der Waals surface area contributed by atoms with Crippen LogP contribution >= 0.6 is 11.3 Å². The molecular formula is C21H20N2O4S. The van der Waals surface area contributed by atoms with E-state index in [-0.39, 0.29) is 5.82 Å². The van der Waals surface area contributed by atoms with Crippen molar-refractivity contribution in [1.82, 2.24) is 5.16 Å². The van der Waals surface area contributed by atoms with Crippen molar-refractivity contribution in [1.29, 1.82) is 0 Å². The molecule has 0 aliphatic carbocycles. The number of ether oxygens (including phenoxy) is 1. The molecule has 0 aliphatic heterocycles. The van der Waals surface area contributed by atoms with Crippen molar-refractivity contribution in [2.24, 2.45) is 0 Å². The minimum Gasteiger partial charge on any atom is -0.449 e. The lowest BCUT2D eigenvalue weighted by Crippen LogP contribution is -2.30. The van der Waals surface area contributed by atoms with Crippen molar-refractivity contribution in [3.05, 3.63) is 69.6 Å². The Kier molecular flexibility index (Phi) is 6.06. The van der Waals surface area contributed by atoms with Crippen LogP contribution in [0.25, 0.3) is 11.6 Å². The van der Waals surface area contributed by atoms with Crippen LogP contribution in [0.3, 0.4) is 0 Å². The van der Waals surface area contributed by atoms with Crippen molar-refractivity contribution in [2.45, 2.75) is 26.9 Å². The van der Waals surface area contributed by atoms with Crippen molar-refractivity contribution in [3.63, 3.8) is 0 Å². The van der Waals surface area contributed by atoms with Gasteiger partial charge < -0.3 is 14.6 Å². The van der Waals surface area contributed by atoms with E-state index in [9.17, 15) is 9.59 Å². The summed E-state index contributed by atoms with van der Waals surface area (Å²) in [4.78, 5) is 25.9.